The lowest BCUT2D eigenvalue weighted by molar-refractivity contribution is 0.150. The van der Waals surface area contributed by atoms with Crippen molar-refractivity contribution in [2.24, 2.45) is 0 Å². The van der Waals surface area contributed by atoms with Gasteiger partial charge in [-0.3, -0.25) is 0 Å². The maximum absolute atomic E-state index is 11.0. The molecule has 0 bridgehead atoms. The maximum Gasteiger partial charge on any atom is 0.300 e. The minimum absolute atomic E-state index is 0.0718. The molecule has 0 saturated carbocycles. The third kappa shape index (κ3) is 2.32. The van der Waals surface area contributed by atoms with Crippen LogP contribution in [0.15, 0.2) is 0 Å². The number of nitrogens with zero attached hydrogens (tertiary/aromatic N) is 1. The van der Waals surface area contributed by atoms with Gasteiger partial charge in [-0.15, -0.1) is 0 Å². The van der Waals surface area contributed by atoms with Crippen molar-refractivity contribution in [3.8, 4) is 0 Å². The fourth-order valence-electron chi connectivity index (χ4n) is 1.46. The Labute approximate surface area is 77.0 Å². The molecule has 1 aliphatic heterocycles. The molecule has 1 rings (SSSR count). The van der Waals surface area contributed by atoms with Crippen LogP contribution in [-0.4, -0.2) is 39.0 Å². The molecule has 1 saturated heterocycles. The molecular formula is C6H12ClNO3S. The van der Waals surface area contributed by atoms with E-state index in [-0.39, 0.29) is 6.04 Å². The Morgan fingerprint density at radius 2 is 2.33 bits per heavy atom. The van der Waals surface area contributed by atoms with Crippen LogP contribution in [-0.2, 0) is 14.0 Å². The second-order valence-corrected chi connectivity index (χ2v) is 5.27. The van der Waals surface area contributed by atoms with E-state index in [0.717, 1.165) is 12.8 Å². The first-order chi connectivity index (χ1) is 5.55. The van der Waals surface area contributed by atoms with E-state index in [1.54, 1.807) is 7.11 Å². The lowest BCUT2D eigenvalue weighted by Crippen LogP contribution is -2.35. The van der Waals surface area contributed by atoms with Crippen molar-refractivity contribution in [3.63, 3.8) is 0 Å². The summed E-state index contributed by atoms with van der Waals surface area (Å²) in [5.74, 6) is 0. The molecule has 0 unspecified atom stereocenters. The minimum Gasteiger partial charge on any atom is -0.383 e. The normalized spacial score (nSPS) is 26.3. The third-order valence-electron chi connectivity index (χ3n) is 1.96. The van der Waals surface area contributed by atoms with E-state index in [1.807, 2.05) is 0 Å². The Bertz CT molecular complexity index is 241. The number of hydrogen-bond acceptors (Lipinski definition) is 3. The van der Waals surface area contributed by atoms with Crippen molar-refractivity contribution < 1.29 is 13.2 Å². The fourth-order valence-corrected chi connectivity index (χ4v) is 2.87. The third-order valence-corrected chi connectivity index (χ3v) is 3.54. The summed E-state index contributed by atoms with van der Waals surface area (Å²) in [5.41, 5.74) is 0. The highest BCUT2D eigenvalue weighted by Gasteiger charge is 2.32. The van der Waals surface area contributed by atoms with Crippen LogP contribution in [0.25, 0.3) is 0 Å². The molecule has 1 fully saturated rings. The van der Waals surface area contributed by atoms with Crippen LogP contribution in [0.2, 0.25) is 0 Å². The van der Waals surface area contributed by atoms with Gasteiger partial charge >= 0.3 is 0 Å². The molecule has 0 aliphatic carbocycles. The van der Waals surface area contributed by atoms with Crippen LogP contribution in [0, 0.1) is 0 Å². The minimum atomic E-state index is -3.55. The van der Waals surface area contributed by atoms with Gasteiger partial charge in [0.05, 0.1) is 6.61 Å². The second-order valence-electron chi connectivity index (χ2n) is 2.80. The van der Waals surface area contributed by atoms with E-state index in [9.17, 15) is 8.42 Å². The standard InChI is InChI=1S/C6H12ClNO3S/c1-11-5-6-3-2-4-8(6)12(7,9)10/h6H,2-5H2,1H3/t6-/m1/s1. The topological polar surface area (TPSA) is 46.6 Å². The van der Waals surface area contributed by atoms with Crippen molar-refractivity contribution in [3.05, 3.63) is 0 Å². The number of ether oxygens (including phenoxy) is 1. The Balaban J connectivity index is 2.64. The van der Waals surface area contributed by atoms with Crippen molar-refractivity contribution in [2.45, 2.75) is 18.9 Å². The van der Waals surface area contributed by atoms with E-state index in [2.05, 4.69) is 0 Å². The Kier molecular flexibility index (Phi) is 3.34. The van der Waals surface area contributed by atoms with E-state index < -0.39 is 9.24 Å². The summed E-state index contributed by atoms with van der Waals surface area (Å²) in [6.45, 7) is 0.936. The first kappa shape index (κ1) is 10.2. The van der Waals surface area contributed by atoms with Gasteiger partial charge in [-0.05, 0) is 12.8 Å². The van der Waals surface area contributed by atoms with E-state index in [0.29, 0.717) is 13.2 Å². The van der Waals surface area contributed by atoms with Crippen LogP contribution in [0.1, 0.15) is 12.8 Å². The molecule has 0 aromatic rings. The zero-order valence-corrected chi connectivity index (χ0v) is 8.44. The number of methoxy groups -OCH3 is 1. The molecular weight excluding hydrogens is 202 g/mol. The molecule has 0 aromatic heterocycles. The number of rotatable bonds is 3. The monoisotopic (exact) mass is 213 g/mol. The highest BCUT2D eigenvalue weighted by molar-refractivity contribution is 8.11. The lowest BCUT2D eigenvalue weighted by atomic mass is 10.2. The predicted octanol–water partition coefficient (Wildman–Crippen LogP) is 0.581. The molecule has 0 spiro atoms. The Morgan fingerprint density at radius 3 is 2.83 bits per heavy atom. The molecule has 72 valence electrons. The first-order valence-electron chi connectivity index (χ1n) is 3.76. The molecule has 0 N–H and O–H groups in total. The average molecular weight is 214 g/mol. The van der Waals surface area contributed by atoms with Gasteiger partial charge in [0.1, 0.15) is 0 Å². The molecule has 0 radical (unpaired) electrons. The van der Waals surface area contributed by atoms with E-state index in [4.69, 9.17) is 15.4 Å². The average Bonchev–Trinajstić information content (AvgIpc) is 2.34. The molecule has 1 aliphatic rings. The van der Waals surface area contributed by atoms with Crippen molar-refractivity contribution in [1.29, 1.82) is 0 Å². The SMILES string of the molecule is COC[C@H]1CCCN1S(=O)(=O)Cl. The maximum atomic E-state index is 11.0. The number of halogens is 1. The summed E-state index contributed by atoms with van der Waals surface area (Å²) >= 11 is 0. The van der Waals surface area contributed by atoms with Crippen molar-refractivity contribution >= 4 is 19.9 Å². The van der Waals surface area contributed by atoms with Crippen LogP contribution < -0.4 is 0 Å². The zero-order chi connectivity index (χ0) is 9.19. The van der Waals surface area contributed by atoms with E-state index >= 15 is 0 Å². The van der Waals surface area contributed by atoms with Gasteiger partial charge in [0.25, 0.3) is 9.24 Å². The molecule has 4 nitrogen and oxygen atoms in total. The van der Waals surface area contributed by atoms with Gasteiger partial charge in [-0.1, -0.05) is 0 Å². The molecule has 1 heterocycles. The molecule has 6 heteroatoms. The van der Waals surface area contributed by atoms with Crippen molar-refractivity contribution in [1.82, 2.24) is 4.31 Å². The van der Waals surface area contributed by atoms with Gasteiger partial charge in [0.15, 0.2) is 0 Å². The fraction of sp³-hybridized carbons (Fsp3) is 1.00. The summed E-state index contributed by atoms with van der Waals surface area (Å²) in [6.07, 6.45) is 1.69. The van der Waals surface area contributed by atoms with Gasteiger partial charge in [0, 0.05) is 30.4 Å². The summed E-state index contributed by atoms with van der Waals surface area (Å²) in [6, 6.07) is -0.0718. The quantitative estimate of drug-likeness (QED) is 0.645. The second kappa shape index (κ2) is 3.91. The number of hydrogen-bond donors (Lipinski definition) is 0. The summed E-state index contributed by atoms with van der Waals surface area (Å²) in [7, 11) is 3.22. The molecule has 12 heavy (non-hydrogen) atoms. The summed E-state index contributed by atoms with van der Waals surface area (Å²) in [5, 5.41) is 0. The van der Waals surface area contributed by atoms with Gasteiger partial charge in [0.2, 0.25) is 0 Å². The summed E-state index contributed by atoms with van der Waals surface area (Å²) in [4.78, 5) is 0. The molecule has 0 aromatic carbocycles. The van der Waals surface area contributed by atoms with Crippen LogP contribution in [0.5, 0.6) is 0 Å². The van der Waals surface area contributed by atoms with Crippen LogP contribution in [0.4, 0.5) is 0 Å². The highest BCUT2D eigenvalue weighted by atomic mass is 35.7. The highest BCUT2D eigenvalue weighted by Crippen LogP contribution is 2.22. The predicted molar refractivity (Wildman–Crippen MR) is 46.4 cm³/mol. The van der Waals surface area contributed by atoms with Gasteiger partial charge in [-0.25, -0.2) is 0 Å². The Hall–Kier alpha value is 0.160. The van der Waals surface area contributed by atoms with Crippen LogP contribution in [0.3, 0.4) is 0 Å². The largest absolute Gasteiger partial charge is 0.383 e. The van der Waals surface area contributed by atoms with Gasteiger partial charge < -0.3 is 4.74 Å². The first-order valence-corrected chi connectivity index (χ1v) is 6.02. The lowest BCUT2D eigenvalue weighted by Gasteiger charge is -2.19. The van der Waals surface area contributed by atoms with Crippen LogP contribution >= 0.6 is 10.7 Å². The molecule has 0 amide bonds. The molecule has 1 atom stereocenters. The zero-order valence-electron chi connectivity index (χ0n) is 6.86. The summed E-state index contributed by atoms with van der Waals surface area (Å²) < 4.78 is 28.1. The Morgan fingerprint density at radius 1 is 1.67 bits per heavy atom. The van der Waals surface area contributed by atoms with E-state index in [1.165, 1.54) is 4.31 Å². The van der Waals surface area contributed by atoms with Crippen molar-refractivity contribution in [2.75, 3.05) is 20.3 Å². The van der Waals surface area contributed by atoms with Gasteiger partial charge in [-0.2, -0.15) is 12.7 Å². The smallest absolute Gasteiger partial charge is 0.300 e.